The van der Waals surface area contributed by atoms with E-state index < -0.39 is 4.92 Å². The molecule has 3 aromatic rings. The quantitative estimate of drug-likeness (QED) is 0.566. The van der Waals surface area contributed by atoms with Crippen LogP contribution in [0.15, 0.2) is 42.5 Å². The number of imidazole rings is 1. The molecule has 1 aromatic heterocycles. The highest BCUT2D eigenvalue weighted by molar-refractivity contribution is 5.77. The van der Waals surface area contributed by atoms with Crippen LogP contribution in [-0.4, -0.2) is 14.9 Å². The Balaban J connectivity index is 1.82. The van der Waals surface area contributed by atoms with Crippen molar-refractivity contribution in [3.8, 4) is 5.75 Å². The maximum Gasteiger partial charge on any atom is 0.271 e. The Hall–Kier alpha value is -2.89. The first-order chi connectivity index (χ1) is 11.1. The van der Waals surface area contributed by atoms with Gasteiger partial charge in [-0.1, -0.05) is 19.1 Å². The molecule has 0 amide bonds. The number of nitro groups is 1. The summed E-state index contributed by atoms with van der Waals surface area (Å²) in [5.41, 5.74) is 2.60. The van der Waals surface area contributed by atoms with Crippen molar-refractivity contribution in [3.05, 3.63) is 64.0 Å². The second-order valence-corrected chi connectivity index (χ2v) is 5.34. The molecule has 0 radical (unpaired) electrons. The zero-order valence-electron chi connectivity index (χ0n) is 12.9. The van der Waals surface area contributed by atoms with Crippen LogP contribution in [-0.2, 0) is 6.42 Å². The fraction of sp³-hybridized carbons (Fsp3) is 0.235. The summed E-state index contributed by atoms with van der Waals surface area (Å²) >= 11 is 0. The molecule has 0 aliphatic carbocycles. The number of rotatable bonds is 5. The van der Waals surface area contributed by atoms with Crippen molar-refractivity contribution in [2.45, 2.75) is 26.4 Å². The second-order valence-electron chi connectivity index (χ2n) is 5.34. The number of fused-ring (bicyclic) bond motifs is 1. The highest BCUT2D eigenvalue weighted by Gasteiger charge is 2.15. The van der Waals surface area contributed by atoms with Crippen molar-refractivity contribution < 1.29 is 9.66 Å². The van der Waals surface area contributed by atoms with Crippen LogP contribution in [0.1, 0.15) is 31.3 Å². The third-order valence-electron chi connectivity index (χ3n) is 3.72. The largest absolute Gasteiger partial charge is 0.483 e. The maximum absolute atomic E-state index is 10.8. The maximum atomic E-state index is 10.8. The van der Waals surface area contributed by atoms with E-state index in [-0.39, 0.29) is 11.8 Å². The van der Waals surface area contributed by atoms with Crippen molar-refractivity contribution in [3.63, 3.8) is 0 Å². The number of hydrogen-bond acceptors (Lipinski definition) is 4. The number of nitro benzene ring substituents is 1. The van der Waals surface area contributed by atoms with Crippen LogP contribution in [0.2, 0.25) is 0 Å². The lowest BCUT2D eigenvalue weighted by Crippen LogP contribution is -2.05. The molecule has 0 saturated carbocycles. The summed E-state index contributed by atoms with van der Waals surface area (Å²) in [5.74, 6) is 1.40. The molecule has 0 aliphatic heterocycles. The minimum atomic E-state index is -0.421. The lowest BCUT2D eigenvalue weighted by molar-refractivity contribution is -0.384. The summed E-state index contributed by atoms with van der Waals surface area (Å²) in [7, 11) is 0. The molecule has 6 nitrogen and oxygen atoms in total. The number of hydrogen-bond donors (Lipinski definition) is 1. The monoisotopic (exact) mass is 311 g/mol. The molecule has 1 atom stereocenters. The van der Waals surface area contributed by atoms with E-state index >= 15 is 0 Å². The second kappa shape index (κ2) is 6.08. The van der Waals surface area contributed by atoms with E-state index in [1.54, 1.807) is 6.07 Å². The Morgan fingerprint density at radius 1 is 1.26 bits per heavy atom. The zero-order chi connectivity index (χ0) is 16.4. The van der Waals surface area contributed by atoms with Gasteiger partial charge >= 0.3 is 0 Å². The highest BCUT2D eigenvalue weighted by Crippen LogP contribution is 2.24. The molecule has 0 aliphatic rings. The van der Waals surface area contributed by atoms with Crippen LogP contribution in [0.3, 0.4) is 0 Å². The van der Waals surface area contributed by atoms with E-state index in [0.717, 1.165) is 12.2 Å². The Bertz CT molecular complexity index is 840. The predicted octanol–water partition coefficient (Wildman–Crippen LogP) is 4.17. The van der Waals surface area contributed by atoms with Gasteiger partial charge in [0.25, 0.3) is 5.69 Å². The smallest absolute Gasteiger partial charge is 0.271 e. The Kier molecular flexibility index (Phi) is 3.97. The van der Waals surface area contributed by atoms with Crippen LogP contribution in [0.4, 0.5) is 5.69 Å². The van der Waals surface area contributed by atoms with E-state index in [2.05, 4.69) is 16.9 Å². The molecule has 6 heteroatoms. The van der Waals surface area contributed by atoms with E-state index in [0.29, 0.717) is 16.9 Å². The van der Waals surface area contributed by atoms with E-state index in [4.69, 9.17) is 4.74 Å². The van der Waals surface area contributed by atoms with Crippen LogP contribution in [0.5, 0.6) is 5.75 Å². The van der Waals surface area contributed by atoms with Gasteiger partial charge in [0, 0.05) is 12.1 Å². The molecule has 0 saturated heterocycles. The Morgan fingerprint density at radius 2 is 2.00 bits per heavy atom. The summed E-state index contributed by atoms with van der Waals surface area (Å²) < 4.78 is 5.88. The number of aromatic amines is 1. The van der Waals surface area contributed by atoms with Crippen LogP contribution in [0.25, 0.3) is 11.0 Å². The Morgan fingerprint density at radius 3 is 2.65 bits per heavy atom. The fourth-order valence-corrected chi connectivity index (χ4v) is 2.39. The SMILES string of the molecule is CCc1ccc(O[C@@H](C)c2nc3ccc([N+](=O)[O-])cc3[nH]2)cc1. The fourth-order valence-electron chi connectivity index (χ4n) is 2.39. The van der Waals surface area contributed by atoms with E-state index in [9.17, 15) is 10.1 Å². The molecule has 1 heterocycles. The lowest BCUT2D eigenvalue weighted by Gasteiger charge is -2.12. The lowest BCUT2D eigenvalue weighted by atomic mass is 10.2. The molecule has 3 rings (SSSR count). The number of aromatic nitrogens is 2. The van der Waals surface area contributed by atoms with Gasteiger partial charge in [-0.15, -0.1) is 0 Å². The van der Waals surface area contributed by atoms with E-state index in [1.165, 1.54) is 17.7 Å². The first-order valence-corrected chi connectivity index (χ1v) is 7.46. The van der Waals surface area contributed by atoms with Gasteiger partial charge in [0.2, 0.25) is 0 Å². The number of nitrogens with one attached hydrogen (secondary N) is 1. The molecular weight excluding hydrogens is 294 g/mol. The minimum Gasteiger partial charge on any atom is -0.483 e. The summed E-state index contributed by atoms with van der Waals surface area (Å²) in [4.78, 5) is 17.9. The van der Waals surface area contributed by atoms with Gasteiger partial charge in [-0.2, -0.15) is 0 Å². The zero-order valence-corrected chi connectivity index (χ0v) is 12.9. The summed E-state index contributed by atoms with van der Waals surface area (Å²) in [6, 6.07) is 12.5. The van der Waals surface area contributed by atoms with Gasteiger partial charge in [0.1, 0.15) is 11.6 Å². The standard InChI is InChI=1S/C17H17N3O3/c1-3-12-4-7-14(8-5-12)23-11(2)17-18-15-9-6-13(20(21)22)10-16(15)19-17/h4-11H,3H2,1-2H3,(H,18,19)/t11-/m0/s1. The number of nitrogens with zero attached hydrogens (tertiary/aromatic N) is 2. The molecule has 0 bridgehead atoms. The molecule has 1 N–H and O–H groups in total. The van der Waals surface area contributed by atoms with Gasteiger partial charge in [0.05, 0.1) is 16.0 Å². The summed E-state index contributed by atoms with van der Waals surface area (Å²) in [6.45, 7) is 3.99. The number of non-ortho nitro benzene ring substituents is 1. The van der Waals surface area contributed by atoms with Crippen molar-refractivity contribution in [2.24, 2.45) is 0 Å². The number of benzene rings is 2. The third-order valence-corrected chi connectivity index (χ3v) is 3.72. The third kappa shape index (κ3) is 3.15. The normalized spacial score (nSPS) is 12.3. The van der Waals surface area contributed by atoms with Gasteiger partial charge in [-0.05, 0) is 37.1 Å². The van der Waals surface area contributed by atoms with Crippen LogP contribution in [0, 0.1) is 10.1 Å². The van der Waals surface area contributed by atoms with E-state index in [1.807, 2.05) is 31.2 Å². The van der Waals surface area contributed by atoms with Gasteiger partial charge in [-0.3, -0.25) is 10.1 Å². The van der Waals surface area contributed by atoms with Gasteiger partial charge in [0.15, 0.2) is 6.10 Å². The minimum absolute atomic E-state index is 0.0384. The number of aryl methyl sites for hydroxylation is 1. The topological polar surface area (TPSA) is 81.1 Å². The van der Waals surface area contributed by atoms with Gasteiger partial charge in [-0.25, -0.2) is 4.98 Å². The van der Waals surface area contributed by atoms with Crippen LogP contribution < -0.4 is 4.74 Å². The summed E-state index contributed by atoms with van der Waals surface area (Å²) in [6.07, 6.45) is 0.701. The van der Waals surface area contributed by atoms with Crippen molar-refractivity contribution >= 4 is 16.7 Å². The predicted molar refractivity (Wildman–Crippen MR) is 87.6 cm³/mol. The van der Waals surface area contributed by atoms with Crippen molar-refractivity contribution in [1.29, 1.82) is 0 Å². The van der Waals surface area contributed by atoms with Crippen molar-refractivity contribution in [2.75, 3.05) is 0 Å². The number of ether oxygens (including phenoxy) is 1. The van der Waals surface area contributed by atoms with Gasteiger partial charge < -0.3 is 9.72 Å². The molecule has 2 aromatic carbocycles. The molecular formula is C17H17N3O3. The van der Waals surface area contributed by atoms with Crippen molar-refractivity contribution in [1.82, 2.24) is 9.97 Å². The first kappa shape index (κ1) is 15.0. The average molecular weight is 311 g/mol. The van der Waals surface area contributed by atoms with Crippen LogP contribution >= 0.6 is 0 Å². The molecule has 0 fully saturated rings. The molecule has 0 spiro atoms. The molecule has 0 unspecified atom stereocenters. The highest BCUT2D eigenvalue weighted by atomic mass is 16.6. The molecule has 23 heavy (non-hydrogen) atoms. The first-order valence-electron chi connectivity index (χ1n) is 7.46. The average Bonchev–Trinajstić information content (AvgIpc) is 2.98. The Labute approximate surface area is 133 Å². The molecule has 118 valence electrons. The number of H-pyrrole nitrogens is 1. The summed E-state index contributed by atoms with van der Waals surface area (Å²) in [5, 5.41) is 10.8.